The molecule has 0 fully saturated rings. The van der Waals surface area contributed by atoms with E-state index in [1.807, 2.05) is 7.05 Å². The van der Waals surface area contributed by atoms with E-state index in [0.29, 0.717) is 0 Å². The number of hydrogen-bond acceptors (Lipinski definition) is 2. The third kappa shape index (κ3) is 48.1. The molecule has 0 aliphatic heterocycles. The van der Waals surface area contributed by atoms with Gasteiger partial charge in [-0.05, 0) is 59.4 Å². The molecule has 2 nitrogen and oxygen atoms in total. The molecule has 0 radical (unpaired) electrons. The summed E-state index contributed by atoms with van der Waals surface area (Å²) >= 11 is 3.46. The van der Waals surface area contributed by atoms with Crippen molar-refractivity contribution in [2.24, 2.45) is 0 Å². The zero-order valence-electron chi connectivity index (χ0n) is 25.7. The number of alkyl halides is 1. The number of unbranched alkanes of at least 4 members (excludes halogenated alkanes) is 18. The molecule has 35 heavy (non-hydrogen) atoms. The Hall–Kier alpha value is 0.400. The minimum absolute atomic E-state index is 1.14. The van der Waals surface area contributed by atoms with Gasteiger partial charge in [0.1, 0.15) is 0 Å². The van der Waals surface area contributed by atoms with Crippen molar-refractivity contribution in [1.82, 2.24) is 10.2 Å². The lowest BCUT2D eigenvalue weighted by molar-refractivity contribution is 0.324. The third-order valence-corrected chi connectivity index (χ3v) is 7.05. The van der Waals surface area contributed by atoms with Crippen LogP contribution < -0.4 is 5.32 Å². The molecule has 0 bridgehead atoms. The van der Waals surface area contributed by atoms with Crippen molar-refractivity contribution in [2.45, 2.75) is 169 Å². The summed E-state index contributed by atoms with van der Waals surface area (Å²) < 4.78 is 0. The topological polar surface area (TPSA) is 15.3 Å². The second-order valence-electron chi connectivity index (χ2n) is 10.5. The van der Waals surface area contributed by atoms with Gasteiger partial charge in [0.25, 0.3) is 0 Å². The van der Waals surface area contributed by atoms with Crippen molar-refractivity contribution in [3.63, 3.8) is 0 Å². The zero-order valence-corrected chi connectivity index (χ0v) is 27.3. The summed E-state index contributed by atoms with van der Waals surface area (Å²) in [6.07, 6.45) is 31.2. The quantitative estimate of drug-likeness (QED) is 0.0878. The number of nitrogens with one attached hydrogen (secondary N) is 1. The monoisotopic (exact) mass is 562 g/mol. The fourth-order valence-corrected chi connectivity index (χ4v) is 4.59. The Morgan fingerprint density at radius 2 is 0.829 bits per heavy atom. The number of rotatable bonds is 25. The second-order valence-corrected chi connectivity index (χ2v) is 11.3. The van der Waals surface area contributed by atoms with Gasteiger partial charge in [-0.15, -0.1) is 0 Å². The van der Waals surface area contributed by atoms with E-state index in [1.54, 1.807) is 0 Å². The largest absolute Gasteiger partial charge is 0.320 e. The van der Waals surface area contributed by atoms with Gasteiger partial charge in [-0.3, -0.25) is 0 Å². The molecule has 0 aliphatic rings. The lowest BCUT2D eigenvalue weighted by Gasteiger charge is -2.14. The van der Waals surface area contributed by atoms with Gasteiger partial charge in [-0.25, -0.2) is 0 Å². The minimum atomic E-state index is 1.14. The number of halogens is 1. The Bertz CT molecular complexity index is 300. The molecule has 0 amide bonds. The first-order chi connectivity index (χ1) is 17.1. The van der Waals surface area contributed by atoms with Gasteiger partial charge in [0.2, 0.25) is 0 Å². The van der Waals surface area contributed by atoms with E-state index in [0.717, 1.165) is 6.54 Å². The highest BCUT2D eigenvalue weighted by Gasteiger charge is 1.96. The van der Waals surface area contributed by atoms with Gasteiger partial charge >= 0.3 is 0 Å². The Labute approximate surface area is 233 Å². The van der Waals surface area contributed by atoms with Crippen LogP contribution in [0.15, 0.2) is 0 Å². The van der Waals surface area contributed by atoms with Crippen LogP contribution in [0.2, 0.25) is 0 Å². The predicted molar refractivity (Wildman–Crippen MR) is 169 cm³/mol. The highest BCUT2D eigenvalue weighted by atomic mass is 79.9. The summed E-state index contributed by atoms with van der Waals surface area (Å²) in [5.74, 6) is 0. The zero-order chi connectivity index (χ0) is 26.7. The molecule has 0 saturated heterocycles. The first-order valence-corrected chi connectivity index (χ1v) is 17.2. The van der Waals surface area contributed by atoms with Crippen molar-refractivity contribution >= 4 is 15.9 Å². The van der Waals surface area contributed by atoms with Crippen LogP contribution in [0, 0.1) is 0 Å². The molecule has 0 saturated carbocycles. The summed E-state index contributed by atoms with van der Waals surface area (Å²) in [6, 6.07) is 0. The summed E-state index contributed by atoms with van der Waals surface area (Å²) in [5.41, 5.74) is 0. The number of hydrogen-bond donors (Lipinski definition) is 1. The lowest BCUT2D eigenvalue weighted by atomic mass is 10.1. The fraction of sp³-hybridized carbons (Fsp3) is 1.00. The smallest absolute Gasteiger partial charge is 0.00313 e. The summed E-state index contributed by atoms with van der Waals surface area (Å²) in [4.78, 5) is 2.46. The SMILES string of the molecule is CCCCCCCCCCCCBr.CCCCCCCCCCCCN(C)CCC.CCCNC. The van der Waals surface area contributed by atoms with Crippen LogP contribution in [0.5, 0.6) is 0 Å². The molecule has 0 atom stereocenters. The average Bonchev–Trinajstić information content (AvgIpc) is 2.86. The maximum absolute atomic E-state index is 3.46. The fourth-order valence-electron chi connectivity index (χ4n) is 4.19. The van der Waals surface area contributed by atoms with E-state index in [4.69, 9.17) is 0 Å². The van der Waals surface area contributed by atoms with Gasteiger partial charge in [0.15, 0.2) is 0 Å². The molecule has 0 aromatic heterocycles. The van der Waals surface area contributed by atoms with E-state index < -0.39 is 0 Å². The highest BCUT2D eigenvalue weighted by Crippen LogP contribution is 2.11. The molecule has 0 rings (SSSR count). The van der Waals surface area contributed by atoms with Gasteiger partial charge < -0.3 is 10.2 Å². The molecular formula is C32H71BrN2. The van der Waals surface area contributed by atoms with E-state index in [-0.39, 0.29) is 0 Å². The first-order valence-electron chi connectivity index (χ1n) is 16.0. The minimum Gasteiger partial charge on any atom is -0.320 e. The average molecular weight is 564 g/mol. The third-order valence-electron chi connectivity index (χ3n) is 6.49. The Morgan fingerprint density at radius 1 is 0.457 bits per heavy atom. The van der Waals surface area contributed by atoms with Crippen molar-refractivity contribution in [1.29, 1.82) is 0 Å². The lowest BCUT2D eigenvalue weighted by Crippen LogP contribution is -2.20. The van der Waals surface area contributed by atoms with E-state index in [2.05, 4.69) is 60.9 Å². The van der Waals surface area contributed by atoms with Crippen molar-refractivity contribution in [3.8, 4) is 0 Å². The summed E-state index contributed by atoms with van der Waals surface area (Å²) in [7, 11) is 4.21. The molecule has 0 heterocycles. The number of nitrogens with zero attached hydrogens (tertiary/aromatic N) is 1. The van der Waals surface area contributed by atoms with Crippen LogP contribution in [0.3, 0.4) is 0 Å². The van der Waals surface area contributed by atoms with E-state index >= 15 is 0 Å². The normalized spacial score (nSPS) is 10.6. The maximum Gasteiger partial charge on any atom is 0.00313 e. The predicted octanol–water partition coefficient (Wildman–Crippen LogP) is 11.2. The van der Waals surface area contributed by atoms with Crippen LogP contribution in [0.1, 0.15) is 169 Å². The Balaban J connectivity index is -0.000000502. The summed E-state index contributed by atoms with van der Waals surface area (Å²) in [6.45, 7) is 12.7. The van der Waals surface area contributed by atoms with Gasteiger partial charge in [0.05, 0.1) is 0 Å². The molecule has 0 spiro atoms. The second kappa shape index (κ2) is 41.5. The molecule has 0 aromatic rings. The molecule has 1 N–H and O–H groups in total. The molecule has 0 unspecified atom stereocenters. The van der Waals surface area contributed by atoms with Crippen molar-refractivity contribution in [2.75, 3.05) is 39.1 Å². The first kappa shape index (κ1) is 39.9. The van der Waals surface area contributed by atoms with Crippen LogP contribution >= 0.6 is 15.9 Å². The van der Waals surface area contributed by atoms with Gasteiger partial charge in [0, 0.05) is 5.33 Å². The molecular weight excluding hydrogens is 492 g/mol. The van der Waals surface area contributed by atoms with Gasteiger partial charge in [-0.2, -0.15) is 0 Å². The summed E-state index contributed by atoms with van der Waals surface area (Å²) in [5, 5.41) is 4.20. The molecule has 3 heteroatoms. The Kier molecular flexibility index (Phi) is 47.3. The van der Waals surface area contributed by atoms with E-state index in [1.165, 1.54) is 160 Å². The van der Waals surface area contributed by atoms with Crippen LogP contribution in [0.25, 0.3) is 0 Å². The standard InChI is InChI=1S/C16H35N.C12H25Br.C4H11N/c1-4-6-7-8-9-10-11-12-13-14-16-17(3)15-5-2;1-2-3-4-5-6-7-8-9-10-11-12-13;1-3-4-5-2/h4-16H2,1-3H3;2-12H2,1H3;5H,3-4H2,1-2H3. The van der Waals surface area contributed by atoms with Crippen LogP contribution in [-0.4, -0.2) is 44.0 Å². The molecule has 216 valence electrons. The highest BCUT2D eigenvalue weighted by molar-refractivity contribution is 9.09. The van der Waals surface area contributed by atoms with Crippen LogP contribution in [0.4, 0.5) is 0 Å². The van der Waals surface area contributed by atoms with Crippen LogP contribution in [-0.2, 0) is 0 Å². The Morgan fingerprint density at radius 3 is 1.11 bits per heavy atom. The maximum atomic E-state index is 3.46. The van der Waals surface area contributed by atoms with Crippen molar-refractivity contribution in [3.05, 3.63) is 0 Å². The van der Waals surface area contributed by atoms with E-state index in [9.17, 15) is 0 Å². The van der Waals surface area contributed by atoms with Crippen molar-refractivity contribution < 1.29 is 0 Å². The molecule has 0 aromatic carbocycles. The molecule has 0 aliphatic carbocycles. The van der Waals surface area contributed by atoms with Gasteiger partial charge in [-0.1, -0.05) is 159 Å².